The highest BCUT2D eigenvalue weighted by atomic mass is 35.5. The number of aryl methyl sites for hydroxylation is 1. The van der Waals surface area contributed by atoms with Gasteiger partial charge in [0.15, 0.2) is 5.11 Å². The van der Waals surface area contributed by atoms with E-state index in [-0.39, 0.29) is 11.7 Å². The van der Waals surface area contributed by atoms with Gasteiger partial charge in [0.25, 0.3) is 0 Å². The van der Waals surface area contributed by atoms with E-state index in [9.17, 15) is 4.79 Å². The third kappa shape index (κ3) is 3.59. The summed E-state index contributed by atoms with van der Waals surface area (Å²) in [5.41, 5.74) is 3.75. The van der Waals surface area contributed by atoms with Crippen LogP contribution in [0.5, 0.6) is 0 Å². The molecule has 1 aliphatic heterocycles. The van der Waals surface area contributed by atoms with E-state index in [1.54, 1.807) is 0 Å². The van der Waals surface area contributed by atoms with E-state index in [0.717, 1.165) is 48.2 Å². The van der Waals surface area contributed by atoms with Crippen LogP contribution in [0.15, 0.2) is 47.3 Å². The van der Waals surface area contributed by atoms with Gasteiger partial charge in [-0.1, -0.05) is 29.8 Å². The van der Waals surface area contributed by atoms with E-state index in [2.05, 4.69) is 15.2 Å². The normalized spacial score (nSPS) is 15.3. The molecule has 1 aromatic heterocycles. The Morgan fingerprint density at radius 1 is 1.22 bits per heavy atom. The van der Waals surface area contributed by atoms with Gasteiger partial charge in [-0.3, -0.25) is 4.57 Å². The van der Waals surface area contributed by atoms with E-state index in [0.29, 0.717) is 10.1 Å². The number of anilines is 1. The Labute approximate surface area is 167 Å². The largest absolute Gasteiger partial charge is 0.349 e. The molecule has 1 aliphatic rings. The number of H-pyrrole nitrogens is 1. The van der Waals surface area contributed by atoms with Crippen molar-refractivity contribution in [3.05, 3.63) is 63.5 Å². The highest BCUT2D eigenvalue weighted by Crippen LogP contribution is 2.27. The predicted molar refractivity (Wildman–Crippen MR) is 115 cm³/mol. The van der Waals surface area contributed by atoms with Gasteiger partial charge in [-0.2, -0.15) is 0 Å². The second-order valence-corrected chi connectivity index (χ2v) is 7.74. The van der Waals surface area contributed by atoms with Crippen LogP contribution in [-0.2, 0) is 0 Å². The number of nitrogens with zero attached hydrogens (tertiary/aromatic N) is 2. The first-order valence-electron chi connectivity index (χ1n) is 9.04. The van der Waals surface area contributed by atoms with Crippen molar-refractivity contribution in [2.24, 2.45) is 0 Å². The summed E-state index contributed by atoms with van der Waals surface area (Å²) in [5, 5.41) is 4.58. The first-order valence-corrected chi connectivity index (χ1v) is 9.83. The Morgan fingerprint density at radius 3 is 2.70 bits per heavy atom. The molecule has 3 aromatic rings. The van der Waals surface area contributed by atoms with Gasteiger partial charge in [0.2, 0.25) is 0 Å². The van der Waals surface area contributed by atoms with E-state index >= 15 is 0 Å². The van der Waals surface area contributed by atoms with Crippen LogP contribution in [0.3, 0.4) is 0 Å². The maximum atomic E-state index is 12.4. The molecule has 7 heteroatoms. The molecular weight excluding hydrogens is 380 g/mol. The molecule has 2 heterocycles. The molecule has 0 radical (unpaired) electrons. The Hall–Kier alpha value is -2.31. The molecule has 0 saturated carbocycles. The Morgan fingerprint density at radius 2 is 1.96 bits per heavy atom. The SMILES string of the molecule is Cc1ccc(NC(=S)N2CCC(n3c(=O)[nH]c4ccccc43)CC2)c(Cl)c1. The number of piperidine rings is 1. The van der Waals surface area contributed by atoms with Crippen molar-refractivity contribution in [2.75, 3.05) is 18.4 Å². The van der Waals surface area contributed by atoms with Crippen LogP contribution in [0.1, 0.15) is 24.4 Å². The lowest BCUT2D eigenvalue weighted by molar-refractivity contribution is 0.269. The third-order valence-corrected chi connectivity index (χ3v) is 5.78. The van der Waals surface area contributed by atoms with Gasteiger partial charge in [-0.25, -0.2) is 4.79 Å². The number of benzene rings is 2. The van der Waals surface area contributed by atoms with Crippen molar-refractivity contribution >= 4 is 45.7 Å². The summed E-state index contributed by atoms with van der Waals surface area (Å²) in [6.07, 6.45) is 1.73. The van der Waals surface area contributed by atoms with Gasteiger partial charge in [-0.15, -0.1) is 0 Å². The molecule has 1 saturated heterocycles. The van der Waals surface area contributed by atoms with E-state index in [1.807, 2.05) is 54.0 Å². The van der Waals surface area contributed by atoms with Gasteiger partial charge in [-0.05, 0) is 61.8 Å². The monoisotopic (exact) mass is 400 g/mol. The molecule has 0 amide bonds. The van der Waals surface area contributed by atoms with Crippen LogP contribution in [0.2, 0.25) is 5.02 Å². The summed E-state index contributed by atoms with van der Waals surface area (Å²) in [4.78, 5) is 17.5. The summed E-state index contributed by atoms with van der Waals surface area (Å²) in [6.45, 7) is 3.60. The summed E-state index contributed by atoms with van der Waals surface area (Å²) >= 11 is 11.9. The number of para-hydroxylation sites is 2. The lowest BCUT2D eigenvalue weighted by Crippen LogP contribution is -2.42. The highest BCUT2D eigenvalue weighted by Gasteiger charge is 2.25. The zero-order chi connectivity index (χ0) is 19.0. The lowest BCUT2D eigenvalue weighted by Gasteiger charge is -2.34. The van der Waals surface area contributed by atoms with Crippen molar-refractivity contribution < 1.29 is 0 Å². The number of rotatable bonds is 2. The van der Waals surface area contributed by atoms with E-state index in [4.69, 9.17) is 23.8 Å². The number of nitrogens with one attached hydrogen (secondary N) is 2. The van der Waals surface area contributed by atoms with Crippen LogP contribution in [-0.4, -0.2) is 32.7 Å². The predicted octanol–water partition coefficient (Wildman–Crippen LogP) is 4.33. The minimum absolute atomic E-state index is 0.0400. The average molecular weight is 401 g/mol. The van der Waals surface area contributed by atoms with Gasteiger partial charge in [0.1, 0.15) is 0 Å². The smallest absolute Gasteiger partial charge is 0.326 e. The number of imidazole rings is 1. The third-order valence-electron chi connectivity index (χ3n) is 5.11. The van der Waals surface area contributed by atoms with Crippen molar-refractivity contribution in [3.8, 4) is 0 Å². The second-order valence-electron chi connectivity index (χ2n) is 6.95. The molecular formula is C20H21ClN4OS. The average Bonchev–Trinajstić information content (AvgIpc) is 3.00. The molecule has 0 atom stereocenters. The molecule has 1 fully saturated rings. The summed E-state index contributed by atoms with van der Waals surface area (Å²) in [7, 11) is 0. The molecule has 5 nitrogen and oxygen atoms in total. The molecule has 0 aliphatic carbocycles. The first kappa shape index (κ1) is 18.1. The molecule has 2 N–H and O–H groups in total. The van der Waals surface area contributed by atoms with Crippen LogP contribution in [0.4, 0.5) is 5.69 Å². The van der Waals surface area contributed by atoms with Crippen LogP contribution < -0.4 is 11.0 Å². The van der Waals surface area contributed by atoms with Gasteiger partial charge < -0.3 is 15.2 Å². The first-order chi connectivity index (χ1) is 13.0. The fourth-order valence-corrected chi connectivity index (χ4v) is 4.25. The number of thiocarbonyl (C=S) groups is 1. The second kappa shape index (κ2) is 7.37. The number of hydrogen-bond acceptors (Lipinski definition) is 2. The Kier molecular flexibility index (Phi) is 4.93. The fraction of sp³-hybridized carbons (Fsp3) is 0.300. The lowest BCUT2D eigenvalue weighted by atomic mass is 10.0. The van der Waals surface area contributed by atoms with E-state index in [1.165, 1.54) is 0 Å². The van der Waals surface area contributed by atoms with Crippen molar-refractivity contribution in [1.29, 1.82) is 0 Å². The molecule has 0 bridgehead atoms. The topological polar surface area (TPSA) is 53.1 Å². The number of fused-ring (bicyclic) bond motifs is 1. The Balaban J connectivity index is 1.45. The van der Waals surface area contributed by atoms with Gasteiger partial charge >= 0.3 is 5.69 Å². The molecule has 27 heavy (non-hydrogen) atoms. The van der Waals surface area contributed by atoms with Gasteiger partial charge in [0.05, 0.1) is 21.7 Å². The highest BCUT2D eigenvalue weighted by molar-refractivity contribution is 7.80. The maximum Gasteiger partial charge on any atom is 0.326 e. The minimum Gasteiger partial charge on any atom is -0.349 e. The Bertz CT molecular complexity index is 1050. The molecule has 2 aromatic carbocycles. The number of aromatic amines is 1. The molecule has 0 spiro atoms. The molecule has 0 unspecified atom stereocenters. The quantitative estimate of drug-likeness (QED) is 0.629. The zero-order valence-corrected chi connectivity index (χ0v) is 16.6. The van der Waals surface area contributed by atoms with Crippen molar-refractivity contribution in [3.63, 3.8) is 0 Å². The summed E-state index contributed by atoms with van der Waals surface area (Å²) in [6, 6.07) is 13.9. The number of aromatic nitrogens is 2. The summed E-state index contributed by atoms with van der Waals surface area (Å²) < 4.78 is 1.89. The minimum atomic E-state index is -0.0400. The van der Waals surface area contributed by atoms with E-state index < -0.39 is 0 Å². The number of hydrogen-bond donors (Lipinski definition) is 2. The van der Waals surface area contributed by atoms with Crippen LogP contribution in [0.25, 0.3) is 11.0 Å². The van der Waals surface area contributed by atoms with Crippen molar-refractivity contribution in [1.82, 2.24) is 14.5 Å². The zero-order valence-electron chi connectivity index (χ0n) is 15.0. The fourth-order valence-electron chi connectivity index (χ4n) is 3.68. The number of halogens is 1. The van der Waals surface area contributed by atoms with Crippen LogP contribution >= 0.6 is 23.8 Å². The summed E-state index contributed by atoms with van der Waals surface area (Å²) in [5.74, 6) is 0. The van der Waals surface area contributed by atoms with Gasteiger partial charge in [0, 0.05) is 19.1 Å². The number of likely N-dealkylation sites (tertiary alicyclic amines) is 1. The molecule has 4 rings (SSSR count). The van der Waals surface area contributed by atoms with Crippen LogP contribution in [0, 0.1) is 6.92 Å². The molecule has 140 valence electrons. The maximum absolute atomic E-state index is 12.4. The standard InChI is InChI=1S/C20H21ClN4OS/c1-13-6-7-16(15(21)12-13)23-20(27)24-10-8-14(9-11-24)25-18-5-3-2-4-17(18)22-19(25)26/h2-7,12,14H,8-11H2,1H3,(H,22,26)(H,23,27). The van der Waals surface area contributed by atoms with Crippen molar-refractivity contribution in [2.45, 2.75) is 25.8 Å².